The van der Waals surface area contributed by atoms with Crippen molar-refractivity contribution in [3.8, 4) is 78.4 Å². The Morgan fingerprint density at radius 1 is 0.333 bits per heavy atom. The Kier molecular flexibility index (Phi) is 9.45. The van der Waals surface area contributed by atoms with E-state index in [1.807, 2.05) is 18.2 Å². The minimum atomic E-state index is -0.587. The monoisotopic (exact) mass is 801 g/mol. The lowest BCUT2D eigenvalue weighted by molar-refractivity contribution is 0.769. The number of hydrogen-bond acceptors (Lipinski definition) is 2. The van der Waals surface area contributed by atoms with E-state index in [0.29, 0.717) is 11.5 Å². The van der Waals surface area contributed by atoms with Crippen molar-refractivity contribution < 1.29 is 0 Å². The average Bonchev–Trinajstić information content (AvgIpc) is 3.68. The Bertz CT molecular complexity index is 3190. The molecule has 0 saturated carbocycles. The van der Waals surface area contributed by atoms with E-state index in [1.165, 1.54) is 22.3 Å². The van der Waals surface area contributed by atoms with Crippen LogP contribution in [-0.4, -0.2) is 9.97 Å². The van der Waals surface area contributed by atoms with Crippen LogP contribution in [0.3, 0.4) is 0 Å². The van der Waals surface area contributed by atoms with Crippen LogP contribution >= 0.6 is 0 Å². The summed E-state index contributed by atoms with van der Waals surface area (Å²) in [5.41, 5.74) is 18.3. The van der Waals surface area contributed by atoms with E-state index in [4.69, 9.17) is 16.5 Å². The molecule has 9 aromatic carbocycles. The van der Waals surface area contributed by atoms with Gasteiger partial charge in [-0.1, -0.05) is 206 Å². The molecule has 0 fully saturated rings. The maximum Gasteiger partial charge on any atom is 0.187 e. The number of aromatic nitrogens is 2. The van der Waals surface area contributed by atoms with E-state index in [2.05, 4.69) is 223 Å². The van der Waals surface area contributed by atoms with Gasteiger partial charge in [-0.25, -0.2) is 14.8 Å². The van der Waals surface area contributed by atoms with E-state index in [-0.39, 0.29) is 0 Å². The number of hydrogen-bond donors (Lipinski definition) is 0. The van der Waals surface area contributed by atoms with Gasteiger partial charge in [-0.2, -0.15) is 0 Å². The number of rotatable bonds is 8. The van der Waals surface area contributed by atoms with Crippen LogP contribution in [0.4, 0.5) is 5.69 Å². The molecule has 0 saturated heterocycles. The van der Waals surface area contributed by atoms with Crippen molar-refractivity contribution in [2.45, 2.75) is 5.41 Å². The van der Waals surface area contributed by atoms with Gasteiger partial charge >= 0.3 is 0 Å². The van der Waals surface area contributed by atoms with Crippen LogP contribution in [0.15, 0.2) is 237 Å². The molecule has 0 N–H and O–H groups in total. The Labute approximate surface area is 368 Å². The minimum Gasteiger partial charge on any atom is -0.238 e. The predicted octanol–water partition coefficient (Wildman–Crippen LogP) is 15.4. The molecule has 0 unspecified atom stereocenters. The van der Waals surface area contributed by atoms with Crippen LogP contribution in [0.2, 0.25) is 0 Å². The highest BCUT2D eigenvalue weighted by atomic mass is 14.9. The SMILES string of the molecule is [C-]#[N+]c1ccc2c(c1)-c1c(-c3cccc(-c4nc(-c5cccc(-c6ccccc6)c5)cc(-c5cccc(-c6ccccc6)c5)n4)c3)cccc1C2(c1ccccc1)c1ccccc1. The Hall–Kier alpha value is -8.45. The summed E-state index contributed by atoms with van der Waals surface area (Å²) in [4.78, 5) is 14.6. The van der Waals surface area contributed by atoms with E-state index < -0.39 is 5.41 Å². The second-order valence-electron chi connectivity index (χ2n) is 16.0. The Balaban J connectivity index is 1.10. The third kappa shape index (κ3) is 6.63. The van der Waals surface area contributed by atoms with Crippen LogP contribution in [0, 0.1) is 6.57 Å². The van der Waals surface area contributed by atoms with Crippen molar-refractivity contribution in [3.63, 3.8) is 0 Å². The summed E-state index contributed by atoms with van der Waals surface area (Å²) in [6, 6.07) is 83.3. The summed E-state index contributed by atoms with van der Waals surface area (Å²) in [7, 11) is 0. The normalized spacial score (nSPS) is 12.2. The fourth-order valence-corrected chi connectivity index (χ4v) is 9.52. The molecule has 11 rings (SSSR count). The first-order valence-electron chi connectivity index (χ1n) is 21.3. The number of fused-ring (bicyclic) bond motifs is 3. The molecule has 10 aromatic rings. The molecule has 3 nitrogen and oxygen atoms in total. The second kappa shape index (κ2) is 15.9. The first kappa shape index (κ1) is 37.5. The molecule has 1 aromatic heterocycles. The van der Waals surface area contributed by atoms with Gasteiger partial charge in [0.05, 0.1) is 23.4 Å². The fourth-order valence-electron chi connectivity index (χ4n) is 9.52. The van der Waals surface area contributed by atoms with Crippen molar-refractivity contribution in [2.24, 2.45) is 0 Å². The summed E-state index contributed by atoms with van der Waals surface area (Å²) in [6.45, 7) is 8.04. The van der Waals surface area contributed by atoms with Gasteiger partial charge < -0.3 is 0 Å². The molecule has 0 radical (unpaired) electrons. The van der Waals surface area contributed by atoms with Crippen molar-refractivity contribution >= 4 is 5.69 Å². The van der Waals surface area contributed by atoms with Crippen molar-refractivity contribution in [1.29, 1.82) is 0 Å². The highest BCUT2D eigenvalue weighted by Crippen LogP contribution is 2.59. The van der Waals surface area contributed by atoms with Gasteiger partial charge in [-0.15, -0.1) is 0 Å². The van der Waals surface area contributed by atoms with Crippen LogP contribution in [0.1, 0.15) is 22.3 Å². The Morgan fingerprint density at radius 2 is 0.794 bits per heavy atom. The van der Waals surface area contributed by atoms with Gasteiger partial charge in [-0.05, 0) is 97.1 Å². The fraction of sp³-hybridized carbons (Fsp3) is 0.0167. The molecule has 3 heteroatoms. The topological polar surface area (TPSA) is 30.1 Å². The molecule has 1 aliphatic carbocycles. The maximum atomic E-state index is 8.04. The molecule has 0 amide bonds. The molecule has 0 atom stereocenters. The van der Waals surface area contributed by atoms with Gasteiger partial charge in [0.2, 0.25) is 0 Å². The molecule has 0 bridgehead atoms. The number of nitrogens with zero attached hydrogens (tertiary/aromatic N) is 3. The molecule has 0 aliphatic heterocycles. The van der Waals surface area contributed by atoms with E-state index in [9.17, 15) is 0 Å². The Morgan fingerprint density at radius 3 is 1.35 bits per heavy atom. The molecule has 1 heterocycles. The average molecular weight is 802 g/mol. The molecule has 294 valence electrons. The maximum absolute atomic E-state index is 8.04. The first-order valence-corrected chi connectivity index (χ1v) is 21.3. The second-order valence-corrected chi connectivity index (χ2v) is 16.0. The highest BCUT2D eigenvalue weighted by molar-refractivity contribution is 5.97. The predicted molar refractivity (Wildman–Crippen MR) is 258 cm³/mol. The van der Waals surface area contributed by atoms with Crippen LogP contribution in [0.5, 0.6) is 0 Å². The van der Waals surface area contributed by atoms with Crippen LogP contribution in [0.25, 0.3) is 83.3 Å². The van der Waals surface area contributed by atoms with E-state index >= 15 is 0 Å². The summed E-state index contributed by atoms with van der Waals surface area (Å²) in [6.07, 6.45) is 0. The summed E-state index contributed by atoms with van der Waals surface area (Å²) >= 11 is 0. The van der Waals surface area contributed by atoms with Crippen LogP contribution < -0.4 is 0 Å². The smallest absolute Gasteiger partial charge is 0.187 e. The standard InChI is InChI=1S/C60H39N3/c1-61-51-34-35-54-53(39-51)58-52(32-17-33-55(58)60(54,49-28-10-4-11-29-49)50-30-12-5-13-31-50)45-24-16-27-48(38-45)59-62-56(46-25-14-22-43(36-46)41-18-6-2-7-19-41)40-57(63-59)47-26-15-23-44(37-47)42-20-8-3-9-21-42/h2-40H. The quantitative estimate of drug-likeness (QED) is 0.143. The summed E-state index contributed by atoms with van der Waals surface area (Å²) < 4.78 is 0. The third-order valence-corrected chi connectivity index (χ3v) is 12.4. The molecule has 0 spiro atoms. The van der Waals surface area contributed by atoms with Crippen LogP contribution in [-0.2, 0) is 5.41 Å². The van der Waals surface area contributed by atoms with Crippen molar-refractivity contribution in [2.75, 3.05) is 0 Å². The zero-order valence-electron chi connectivity index (χ0n) is 34.4. The van der Waals surface area contributed by atoms with E-state index in [0.717, 1.165) is 72.6 Å². The molecule has 1 aliphatic rings. The van der Waals surface area contributed by atoms with Gasteiger partial charge in [-0.3, -0.25) is 0 Å². The lowest BCUT2D eigenvalue weighted by Crippen LogP contribution is -2.28. The number of benzene rings is 9. The highest BCUT2D eigenvalue weighted by Gasteiger charge is 2.46. The lowest BCUT2D eigenvalue weighted by Gasteiger charge is -2.34. The first-order chi connectivity index (χ1) is 31.2. The molecular formula is C60H39N3. The molecule has 63 heavy (non-hydrogen) atoms. The lowest BCUT2D eigenvalue weighted by atomic mass is 9.67. The zero-order chi connectivity index (χ0) is 42.2. The zero-order valence-corrected chi connectivity index (χ0v) is 34.4. The van der Waals surface area contributed by atoms with E-state index in [1.54, 1.807) is 0 Å². The summed E-state index contributed by atoms with van der Waals surface area (Å²) in [5, 5.41) is 0. The largest absolute Gasteiger partial charge is 0.238 e. The van der Waals surface area contributed by atoms with Crippen molar-refractivity contribution in [1.82, 2.24) is 9.97 Å². The minimum absolute atomic E-state index is 0.587. The van der Waals surface area contributed by atoms with Crippen molar-refractivity contribution in [3.05, 3.63) is 270 Å². The molecular weight excluding hydrogens is 763 g/mol. The van der Waals surface area contributed by atoms with Gasteiger partial charge in [0, 0.05) is 16.7 Å². The third-order valence-electron chi connectivity index (χ3n) is 12.4. The van der Waals surface area contributed by atoms with Gasteiger partial charge in [0.25, 0.3) is 0 Å². The van der Waals surface area contributed by atoms with Gasteiger partial charge in [0.1, 0.15) is 0 Å². The summed E-state index contributed by atoms with van der Waals surface area (Å²) in [5.74, 6) is 0.644. The van der Waals surface area contributed by atoms with Gasteiger partial charge in [0.15, 0.2) is 11.5 Å².